The number of nitrogens with one attached hydrogen (secondary N) is 1. The third kappa shape index (κ3) is 4.83. The Hall–Kier alpha value is -1.86. The van der Waals surface area contributed by atoms with E-state index in [1.807, 2.05) is 18.3 Å². The molecule has 0 radical (unpaired) electrons. The highest BCUT2D eigenvalue weighted by atomic mass is 16.5. The number of guanidine groups is 1. The van der Waals surface area contributed by atoms with Crippen molar-refractivity contribution < 1.29 is 9.84 Å². The lowest BCUT2D eigenvalue weighted by molar-refractivity contribution is -0.0566. The summed E-state index contributed by atoms with van der Waals surface area (Å²) in [5.41, 5.74) is -0.727. The Balaban J connectivity index is 1.59. The van der Waals surface area contributed by atoms with Crippen LogP contribution >= 0.6 is 0 Å². The van der Waals surface area contributed by atoms with Crippen molar-refractivity contribution in [1.82, 2.24) is 15.2 Å². The molecule has 7 heteroatoms. The maximum absolute atomic E-state index is 10.6. The van der Waals surface area contributed by atoms with E-state index in [1.165, 1.54) is 0 Å². The van der Waals surface area contributed by atoms with Crippen molar-refractivity contribution in [2.45, 2.75) is 25.4 Å². The lowest BCUT2D eigenvalue weighted by Crippen LogP contribution is -2.53. The number of aliphatic hydroxyl groups is 1. The zero-order chi connectivity index (χ0) is 17.5. The number of nitrogens with zero attached hydrogens (tertiary/aromatic N) is 4. The molecule has 0 bridgehead atoms. The van der Waals surface area contributed by atoms with E-state index in [0.29, 0.717) is 32.6 Å². The molecule has 0 unspecified atom stereocenters. The molecule has 3 rings (SSSR count). The summed E-state index contributed by atoms with van der Waals surface area (Å²) in [6, 6.07) is 6.02. The number of ether oxygens (including phenoxy) is 1. The van der Waals surface area contributed by atoms with Gasteiger partial charge in [0.25, 0.3) is 0 Å². The Labute approximate surface area is 149 Å². The number of hydrogen-bond acceptors (Lipinski definition) is 5. The fraction of sp³-hybridized carbons (Fsp3) is 0.667. The molecule has 0 saturated carbocycles. The van der Waals surface area contributed by atoms with E-state index in [4.69, 9.17) is 9.73 Å². The first-order valence-electron chi connectivity index (χ1n) is 9.19. The van der Waals surface area contributed by atoms with Crippen molar-refractivity contribution in [1.29, 1.82) is 0 Å². The topological polar surface area (TPSA) is 73.2 Å². The van der Waals surface area contributed by atoms with Crippen LogP contribution in [0.4, 0.5) is 5.82 Å². The van der Waals surface area contributed by atoms with Gasteiger partial charge in [-0.1, -0.05) is 6.07 Å². The molecule has 0 aliphatic carbocycles. The van der Waals surface area contributed by atoms with Crippen LogP contribution in [0, 0.1) is 0 Å². The molecule has 2 N–H and O–H groups in total. The van der Waals surface area contributed by atoms with Gasteiger partial charge in [0.05, 0.1) is 12.1 Å². The van der Waals surface area contributed by atoms with Gasteiger partial charge in [0.15, 0.2) is 5.96 Å². The van der Waals surface area contributed by atoms with Gasteiger partial charge in [0, 0.05) is 65.0 Å². The highest BCUT2D eigenvalue weighted by Crippen LogP contribution is 2.21. The predicted octanol–water partition coefficient (Wildman–Crippen LogP) is 0.711. The summed E-state index contributed by atoms with van der Waals surface area (Å²) in [5, 5.41) is 14.0. The smallest absolute Gasteiger partial charge is 0.194 e. The van der Waals surface area contributed by atoms with Crippen LogP contribution in [0.3, 0.4) is 0 Å². The van der Waals surface area contributed by atoms with E-state index >= 15 is 0 Å². The van der Waals surface area contributed by atoms with Gasteiger partial charge in [0.2, 0.25) is 0 Å². The first kappa shape index (κ1) is 17.9. The highest BCUT2D eigenvalue weighted by Gasteiger charge is 2.30. The van der Waals surface area contributed by atoms with Crippen molar-refractivity contribution in [2.24, 2.45) is 4.99 Å². The van der Waals surface area contributed by atoms with Crippen LogP contribution in [0.2, 0.25) is 0 Å². The summed E-state index contributed by atoms with van der Waals surface area (Å²) >= 11 is 0. The number of hydrogen-bond donors (Lipinski definition) is 2. The zero-order valence-electron chi connectivity index (χ0n) is 15.0. The minimum Gasteiger partial charge on any atom is -0.388 e. The van der Waals surface area contributed by atoms with Crippen molar-refractivity contribution in [2.75, 3.05) is 57.4 Å². The van der Waals surface area contributed by atoms with Gasteiger partial charge in [-0.15, -0.1) is 0 Å². The third-order valence-electron chi connectivity index (χ3n) is 4.83. The maximum Gasteiger partial charge on any atom is 0.194 e. The van der Waals surface area contributed by atoms with Gasteiger partial charge in [-0.3, -0.25) is 4.99 Å². The number of pyridine rings is 1. The Bertz CT molecular complexity index is 552. The summed E-state index contributed by atoms with van der Waals surface area (Å²) < 4.78 is 5.34. The largest absolute Gasteiger partial charge is 0.388 e. The fourth-order valence-corrected chi connectivity index (χ4v) is 3.25. The lowest BCUT2D eigenvalue weighted by atomic mass is 9.95. The first-order valence-corrected chi connectivity index (χ1v) is 9.19. The molecule has 0 amide bonds. The van der Waals surface area contributed by atoms with E-state index in [-0.39, 0.29) is 0 Å². The number of aliphatic imine (C=N–C) groups is 1. The molecule has 2 aliphatic heterocycles. The summed E-state index contributed by atoms with van der Waals surface area (Å²) in [4.78, 5) is 13.7. The van der Waals surface area contributed by atoms with Crippen molar-refractivity contribution in [3.8, 4) is 0 Å². The summed E-state index contributed by atoms with van der Waals surface area (Å²) in [6.45, 7) is 8.17. The van der Waals surface area contributed by atoms with Gasteiger partial charge < -0.3 is 25.0 Å². The Morgan fingerprint density at radius 1 is 1.28 bits per heavy atom. The number of anilines is 1. The molecule has 7 nitrogen and oxygen atoms in total. The SMILES string of the molecule is CCNC(=NCC1(O)CCOCC1)N1CCN(c2ccccn2)CC1. The van der Waals surface area contributed by atoms with E-state index < -0.39 is 5.60 Å². The van der Waals surface area contributed by atoms with Crippen LogP contribution in [0.5, 0.6) is 0 Å². The van der Waals surface area contributed by atoms with Crippen LogP contribution in [0.15, 0.2) is 29.4 Å². The Morgan fingerprint density at radius 2 is 2.04 bits per heavy atom. The zero-order valence-corrected chi connectivity index (χ0v) is 15.0. The monoisotopic (exact) mass is 347 g/mol. The van der Waals surface area contributed by atoms with Gasteiger partial charge in [-0.05, 0) is 19.1 Å². The second-order valence-electron chi connectivity index (χ2n) is 6.67. The molecule has 138 valence electrons. The van der Waals surface area contributed by atoms with Crippen molar-refractivity contribution in [3.05, 3.63) is 24.4 Å². The Kier molecular flexibility index (Phi) is 6.09. The molecule has 1 aromatic heterocycles. The van der Waals surface area contributed by atoms with Crippen molar-refractivity contribution in [3.63, 3.8) is 0 Å². The second kappa shape index (κ2) is 8.49. The fourth-order valence-electron chi connectivity index (χ4n) is 3.25. The van der Waals surface area contributed by atoms with Crippen molar-refractivity contribution >= 4 is 11.8 Å². The molecule has 25 heavy (non-hydrogen) atoms. The highest BCUT2D eigenvalue weighted by molar-refractivity contribution is 5.80. The van der Waals surface area contributed by atoms with Gasteiger partial charge >= 0.3 is 0 Å². The average molecular weight is 347 g/mol. The molecule has 0 aromatic carbocycles. The molecule has 3 heterocycles. The van der Waals surface area contributed by atoms with Crippen LogP contribution in [-0.2, 0) is 4.74 Å². The summed E-state index contributed by atoms with van der Waals surface area (Å²) in [5.74, 6) is 1.92. The lowest BCUT2D eigenvalue weighted by Gasteiger charge is -2.37. The number of rotatable bonds is 4. The summed E-state index contributed by atoms with van der Waals surface area (Å²) in [6.07, 6.45) is 3.15. The van der Waals surface area contributed by atoms with Crippen LogP contribution in [-0.4, -0.2) is 79.0 Å². The van der Waals surface area contributed by atoms with E-state index in [2.05, 4.69) is 33.1 Å². The molecule has 1 aromatic rings. The second-order valence-corrected chi connectivity index (χ2v) is 6.67. The normalized spacial score (nSPS) is 21.3. The van der Waals surface area contributed by atoms with Gasteiger partial charge in [-0.2, -0.15) is 0 Å². The quantitative estimate of drug-likeness (QED) is 0.617. The van der Waals surface area contributed by atoms with E-state index in [0.717, 1.165) is 44.5 Å². The molecule has 2 aliphatic rings. The molecular weight excluding hydrogens is 318 g/mol. The van der Waals surface area contributed by atoms with Gasteiger partial charge in [0.1, 0.15) is 5.82 Å². The predicted molar refractivity (Wildman–Crippen MR) is 99.0 cm³/mol. The number of piperazine rings is 1. The molecule has 0 spiro atoms. The Morgan fingerprint density at radius 3 is 2.68 bits per heavy atom. The maximum atomic E-state index is 10.6. The summed E-state index contributed by atoms with van der Waals surface area (Å²) in [7, 11) is 0. The van der Waals surface area contributed by atoms with Crippen LogP contribution in [0.1, 0.15) is 19.8 Å². The van der Waals surface area contributed by atoms with E-state index in [9.17, 15) is 5.11 Å². The molecule has 0 atom stereocenters. The van der Waals surface area contributed by atoms with Gasteiger partial charge in [-0.25, -0.2) is 4.98 Å². The first-order chi connectivity index (χ1) is 12.2. The minimum absolute atomic E-state index is 0.430. The van der Waals surface area contributed by atoms with Crippen LogP contribution in [0.25, 0.3) is 0 Å². The molecule has 2 saturated heterocycles. The van der Waals surface area contributed by atoms with E-state index in [1.54, 1.807) is 0 Å². The minimum atomic E-state index is -0.727. The average Bonchev–Trinajstić information content (AvgIpc) is 2.67. The molecule has 2 fully saturated rings. The standard InChI is InChI=1S/C18H29N5O2/c1-2-19-17(21-15-18(24)6-13-25-14-7-18)23-11-9-22(10-12-23)16-5-3-4-8-20-16/h3-5,8,24H,2,6-7,9-15H2,1H3,(H,19,21). The molecular formula is C18H29N5O2. The van der Waals surface area contributed by atoms with Crippen LogP contribution < -0.4 is 10.2 Å². The number of aromatic nitrogens is 1. The third-order valence-corrected chi connectivity index (χ3v) is 4.83.